The van der Waals surface area contributed by atoms with Crippen molar-refractivity contribution in [3.8, 4) is 0 Å². The first-order valence-electron chi connectivity index (χ1n) is 7.59. The molecule has 0 saturated carbocycles. The Morgan fingerprint density at radius 1 is 0.909 bits per heavy atom. The Balaban J connectivity index is 1.99. The standard InChI is InChI=1S/C20H17NO/c1-21-19(22)13-18(14-7-3-2-4-8-14)17-12-11-15-9-5-6-10-16(15)20(17)21/h2-12,18H,13H2,1H3. The van der Waals surface area contributed by atoms with Crippen molar-refractivity contribution in [1.29, 1.82) is 0 Å². The van der Waals surface area contributed by atoms with Crippen LogP contribution in [-0.4, -0.2) is 13.0 Å². The van der Waals surface area contributed by atoms with Crippen molar-refractivity contribution in [2.45, 2.75) is 12.3 Å². The molecule has 0 radical (unpaired) electrons. The molecule has 3 aromatic rings. The zero-order valence-corrected chi connectivity index (χ0v) is 12.5. The van der Waals surface area contributed by atoms with E-state index in [2.05, 4.69) is 36.4 Å². The predicted octanol–water partition coefficient (Wildman–Crippen LogP) is 4.34. The van der Waals surface area contributed by atoms with Gasteiger partial charge in [-0.3, -0.25) is 4.79 Å². The topological polar surface area (TPSA) is 20.3 Å². The van der Waals surface area contributed by atoms with Crippen LogP contribution in [0.5, 0.6) is 0 Å². The molecule has 2 heteroatoms. The first-order valence-corrected chi connectivity index (χ1v) is 7.59. The second-order valence-electron chi connectivity index (χ2n) is 5.84. The summed E-state index contributed by atoms with van der Waals surface area (Å²) in [5.41, 5.74) is 3.51. The van der Waals surface area contributed by atoms with Gasteiger partial charge < -0.3 is 4.90 Å². The number of fused-ring (bicyclic) bond motifs is 3. The third kappa shape index (κ3) is 1.92. The van der Waals surface area contributed by atoms with Crippen molar-refractivity contribution in [2.75, 3.05) is 11.9 Å². The lowest BCUT2D eigenvalue weighted by molar-refractivity contribution is -0.118. The van der Waals surface area contributed by atoms with Crippen molar-refractivity contribution >= 4 is 22.4 Å². The van der Waals surface area contributed by atoms with Crippen LogP contribution in [-0.2, 0) is 4.79 Å². The Labute approximate surface area is 130 Å². The number of benzene rings is 3. The molecule has 1 heterocycles. The van der Waals surface area contributed by atoms with Gasteiger partial charge in [-0.2, -0.15) is 0 Å². The van der Waals surface area contributed by atoms with Crippen LogP contribution in [0.4, 0.5) is 5.69 Å². The molecular weight excluding hydrogens is 270 g/mol. The summed E-state index contributed by atoms with van der Waals surface area (Å²) in [6.07, 6.45) is 0.534. The van der Waals surface area contributed by atoms with E-state index in [0.29, 0.717) is 6.42 Å². The molecule has 4 rings (SSSR count). The summed E-state index contributed by atoms with van der Waals surface area (Å²) >= 11 is 0. The highest BCUT2D eigenvalue weighted by Gasteiger charge is 2.31. The van der Waals surface area contributed by atoms with E-state index in [1.54, 1.807) is 0 Å². The molecule has 2 nitrogen and oxygen atoms in total. The fourth-order valence-electron chi connectivity index (χ4n) is 3.46. The summed E-state index contributed by atoms with van der Waals surface area (Å²) in [6, 6.07) is 22.9. The molecule has 3 aromatic carbocycles. The van der Waals surface area contributed by atoms with Gasteiger partial charge in [-0.15, -0.1) is 0 Å². The van der Waals surface area contributed by atoms with Crippen LogP contribution in [0.1, 0.15) is 23.5 Å². The van der Waals surface area contributed by atoms with Crippen LogP contribution in [0.25, 0.3) is 10.8 Å². The summed E-state index contributed by atoms with van der Waals surface area (Å²) in [4.78, 5) is 14.3. The number of rotatable bonds is 1. The molecule has 0 saturated heterocycles. The molecule has 0 aliphatic carbocycles. The molecule has 108 valence electrons. The number of hydrogen-bond acceptors (Lipinski definition) is 1. The molecule has 22 heavy (non-hydrogen) atoms. The third-order valence-electron chi connectivity index (χ3n) is 4.60. The first-order chi connectivity index (χ1) is 10.8. The van der Waals surface area contributed by atoms with Gasteiger partial charge in [0.15, 0.2) is 0 Å². The van der Waals surface area contributed by atoms with Crippen molar-refractivity contribution in [3.63, 3.8) is 0 Å². The van der Waals surface area contributed by atoms with Crippen LogP contribution in [0.15, 0.2) is 66.7 Å². The summed E-state index contributed by atoms with van der Waals surface area (Å²) in [6.45, 7) is 0. The van der Waals surface area contributed by atoms with Crippen LogP contribution in [0.2, 0.25) is 0 Å². The molecule has 1 aliphatic rings. The van der Waals surface area contributed by atoms with Gasteiger partial charge in [0.25, 0.3) is 0 Å². The molecule has 0 fully saturated rings. The van der Waals surface area contributed by atoms with Gasteiger partial charge >= 0.3 is 0 Å². The van der Waals surface area contributed by atoms with Gasteiger partial charge in [-0.05, 0) is 16.5 Å². The Morgan fingerprint density at radius 3 is 2.45 bits per heavy atom. The first kappa shape index (κ1) is 13.1. The van der Waals surface area contributed by atoms with Crippen LogP contribution in [0, 0.1) is 0 Å². The van der Waals surface area contributed by atoms with E-state index in [1.165, 1.54) is 16.5 Å². The van der Waals surface area contributed by atoms with E-state index in [0.717, 1.165) is 11.1 Å². The average molecular weight is 287 g/mol. The number of hydrogen-bond donors (Lipinski definition) is 0. The number of carbonyl (C=O) groups is 1. The summed E-state index contributed by atoms with van der Waals surface area (Å²) in [7, 11) is 1.88. The fraction of sp³-hybridized carbons (Fsp3) is 0.150. The Morgan fingerprint density at radius 2 is 1.64 bits per heavy atom. The maximum Gasteiger partial charge on any atom is 0.227 e. The Hall–Kier alpha value is -2.61. The van der Waals surface area contributed by atoms with Gasteiger partial charge in [0.2, 0.25) is 5.91 Å². The quantitative estimate of drug-likeness (QED) is 0.652. The van der Waals surface area contributed by atoms with Crippen molar-refractivity contribution in [3.05, 3.63) is 77.9 Å². The van der Waals surface area contributed by atoms with E-state index in [-0.39, 0.29) is 11.8 Å². The Kier molecular flexibility index (Phi) is 2.97. The second-order valence-corrected chi connectivity index (χ2v) is 5.84. The minimum Gasteiger partial charge on any atom is -0.315 e. The van der Waals surface area contributed by atoms with Crippen molar-refractivity contribution in [2.24, 2.45) is 0 Å². The Bertz CT molecular complexity index is 854. The van der Waals surface area contributed by atoms with E-state index in [1.807, 2.05) is 42.3 Å². The summed E-state index contributed by atoms with van der Waals surface area (Å²) in [5.74, 6) is 0.321. The number of anilines is 1. The number of nitrogens with zero attached hydrogens (tertiary/aromatic N) is 1. The molecule has 0 N–H and O–H groups in total. The summed E-state index contributed by atoms with van der Waals surface area (Å²) < 4.78 is 0. The zero-order chi connectivity index (χ0) is 15.1. The summed E-state index contributed by atoms with van der Waals surface area (Å²) in [5, 5.41) is 2.33. The molecule has 0 spiro atoms. The highest BCUT2D eigenvalue weighted by Crippen LogP contribution is 2.43. The maximum absolute atomic E-state index is 12.5. The van der Waals surface area contributed by atoms with E-state index in [9.17, 15) is 4.79 Å². The van der Waals surface area contributed by atoms with Crippen LogP contribution >= 0.6 is 0 Å². The van der Waals surface area contributed by atoms with Crippen molar-refractivity contribution < 1.29 is 4.79 Å². The molecule has 1 atom stereocenters. The van der Waals surface area contributed by atoms with Gasteiger partial charge in [-0.25, -0.2) is 0 Å². The molecule has 0 bridgehead atoms. The molecule has 1 aliphatic heterocycles. The second kappa shape index (κ2) is 4.99. The highest BCUT2D eigenvalue weighted by molar-refractivity contribution is 6.07. The lowest BCUT2D eigenvalue weighted by atomic mass is 9.82. The van der Waals surface area contributed by atoms with E-state index < -0.39 is 0 Å². The molecule has 1 unspecified atom stereocenters. The normalized spacial score (nSPS) is 17.6. The van der Waals surface area contributed by atoms with E-state index in [4.69, 9.17) is 0 Å². The van der Waals surface area contributed by atoms with Crippen LogP contribution < -0.4 is 4.90 Å². The zero-order valence-electron chi connectivity index (χ0n) is 12.5. The highest BCUT2D eigenvalue weighted by atomic mass is 16.2. The maximum atomic E-state index is 12.5. The largest absolute Gasteiger partial charge is 0.315 e. The van der Waals surface area contributed by atoms with Gasteiger partial charge in [0.1, 0.15) is 0 Å². The smallest absolute Gasteiger partial charge is 0.227 e. The fourth-order valence-corrected chi connectivity index (χ4v) is 3.46. The molecule has 0 aromatic heterocycles. The lowest BCUT2D eigenvalue weighted by Crippen LogP contribution is -2.33. The van der Waals surface area contributed by atoms with Gasteiger partial charge in [0, 0.05) is 24.8 Å². The average Bonchev–Trinajstić information content (AvgIpc) is 2.58. The number of carbonyl (C=O) groups excluding carboxylic acids is 1. The SMILES string of the molecule is CN1C(=O)CC(c2ccccc2)c2ccc3ccccc3c21. The minimum absolute atomic E-state index is 0.143. The third-order valence-corrected chi connectivity index (χ3v) is 4.60. The van der Waals surface area contributed by atoms with Crippen molar-refractivity contribution in [1.82, 2.24) is 0 Å². The predicted molar refractivity (Wildman–Crippen MR) is 90.3 cm³/mol. The lowest BCUT2D eigenvalue weighted by Gasteiger charge is -2.33. The molecule has 1 amide bonds. The van der Waals surface area contributed by atoms with Crippen LogP contribution in [0.3, 0.4) is 0 Å². The van der Waals surface area contributed by atoms with E-state index >= 15 is 0 Å². The van der Waals surface area contributed by atoms with Gasteiger partial charge in [0.05, 0.1) is 5.69 Å². The minimum atomic E-state index is 0.143. The number of amides is 1. The van der Waals surface area contributed by atoms with Gasteiger partial charge in [-0.1, -0.05) is 66.7 Å². The molecular formula is C20H17NO. The monoisotopic (exact) mass is 287 g/mol.